The number of H-pyrrole nitrogens is 1. The molecule has 206 valence electrons. The molecule has 2 atom stereocenters. The third-order valence-electron chi connectivity index (χ3n) is 6.40. The first-order chi connectivity index (χ1) is 18.1. The van der Waals surface area contributed by atoms with Crippen LogP contribution in [0, 0.1) is 11.6 Å². The normalized spacial score (nSPS) is 17.9. The van der Waals surface area contributed by atoms with Crippen LogP contribution in [0.3, 0.4) is 0 Å². The van der Waals surface area contributed by atoms with E-state index in [1.165, 1.54) is 0 Å². The number of ether oxygens (including phenoxy) is 2. The van der Waals surface area contributed by atoms with E-state index in [4.69, 9.17) is 9.47 Å². The predicted octanol–water partition coefficient (Wildman–Crippen LogP) is 5.81. The van der Waals surface area contributed by atoms with Crippen molar-refractivity contribution >= 4 is 17.0 Å². The molecule has 38 heavy (non-hydrogen) atoms. The van der Waals surface area contributed by atoms with Crippen LogP contribution in [0.15, 0.2) is 36.4 Å². The first-order valence-corrected chi connectivity index (χ1v) is 12.1. The minimum atomic E-state index is -4.61. The second kappa shape index (κ2) is 11.5. The molecule has 4 rings (SSSR count). The Hall–Kier alpha value is -3.41. The molecular formula is C26H27F6N3O3. The van der Waals surface area contributed by atoms with Crippen molar-refractivity contribution in [2.45, 2.75) is 38.0 Å². The maximum Gasteiger partial charge on any atom is 0.407 e. The second-order valence-corrected chi connectivity index (χ2v) is 9.03. The van der Waals surface area contributed by atoms with Crippen molar-refractivity contribution in [2.75, 3.05) is 33.0 Å². The molecule has 0 fully saturated rings. The smallest absolute Gasteiger partial charge is 0.407 e. The van der Waals surface area contributed by atoms with Gasteiger partial charge in [0, 0.05) is 29.2 Å². The first-order valence-electron chi connectivity index (χ1n) is 12.1. The summed E-state index contributed by atoms with van der Waals surface area (Å²) < 4.78 is 94.1. The summed E-state index contributed by atoms with van der Waals surface area (Å²) in [5.74, 6) is -2.56. The van der Waals surface area contributed by atoms with Crippen LogP contribution < -0.4 is 10.1 Å². The summed E-state index contributed by atoms with van der Waals surface area (Å²) in [5, 5.41) is 3.10. The molecule has 0 saturated heterocycles. The fourth-order valence-electron chi connectivity index (χ4n) is 4.78. The minimum absolute atomic E-state index is 0.0795. The van der Waals surface area contributed by atoms with Crippen LogP contribution in [-0.2, 0) is 11.2 Å². The van der Waals surface area contributed by atoms with E-state index in [-0.39, 0.29) is 38.3 Å². The van der Waals surface area contributed by atoms with E-state index in [1.54, 1.807) is 25.1 Å². The van der Waals surface area contributed by atoms with Gasteiger partial charge in [-0.05, 0) is 43.5 Å². The number of nitrogens with one attached hydrogen (secondary N) is 2. The summed E-state index contributed by atoms with van der Waals surface area (Å²) in [7, 11) is 0. The number of carbonyl (C=O) groups is 1. The number of hydrogen-bond acceptors (Lipinski definition) is 4. The van der Waals surface area contributed by atoms with Gasteiger partial charge >= 0.3 is 12.3 Å². The Balaban J connectivity index is 1.64. The lowest BCUT2D eigenvalue weighted by atomic mass is 9.88. The summed E-state index contributed by atoms with van der Waals surface area (Å²) in [6, 6.07) is 7.00. The SMILES string of the molecule is C[C@@H]1Cc2c([nH]c3ccccc23)[C@@H](c2c(F)ccc(OCCOC(=O)NCCCF)c2F)N1CC(F)(F)F. The van der Waals surface area contributed by atoms with E-state index in [2.05, 4.69) is 10.3 Å². The molecule has 1 aliphatic heterocycles. The zero-order valence-electron chi connectivity index (χ0n) is 20.5. The van der Waals surface area contributed by atoms with Gasteiger partial charge in [0.2, 0.25) is 0 Å². The lowest BCUT2D eigenvalue weighted by Gasteiger charge is -2.41. The summed E-state index contributed by atoms with van der Waals surface area (Å²) in [6.45, 7) is -0.895. The van der Waals surface area contributed by atoms with E-state index in [9.17, 15) is 22.4 Å². The zero-order chi connectivity index (χ0) is 27.4. The number of fused-ring (bicyclic) bond motifs is 3. The third-order valence-corrected chi connectivity index (χ3v) is 6.40. The molecule has 1 aliphatic rings. The molecule has 0 spiro atoms. The molecule has 1 aromatic heterocycles. The van der Waals surface area contributed by atoms with Gasteiger partial charge in [-0.25, -0.2) is 13.6 Å². The van der Waals surface area contributed by atoms with Crippen LogP contribution in [0.5, 0.6) is 5.75 Å². The topological polar surface area (TPSA) is 66.6 Å². The number of aromatic nitrogens is 1. The number of amides is 1. The van der Waals surface area contributed by atoms with Gasteiger partial charge in [-0.2, -0.15) is 13.2 Å². The third kappa shape index (κ3) is 6.01. The van der Waals surface area contributed by atoms with Gasteiger partial charge in [-0.1, -0.05) is 18.2 Å². The molecule has 0 saturated carbocycles. The average Bonchev–Trinajstić information content (AvgIpc) is 3.22. The van der Waals surface area contributed by atoms with Gasteiger partial charge < -0.3 is 19.8 Å². The van der Waals surface area contributed by atoms with E-state index >= 15 is 8.78 Å². The standard InChI is InChI=1S/C26H27F6N3O3/c1-15-13-17-16-5-2-3-6-19(16)34-23(17)24(35(15)14-26(30,31)32)21-18(28)7-8-20(22(21)29)37-11-12-38-25(36)33-10-4-9-27/h2-3,5-8,15,24,34H,4,9-14H2,1H3,(H,33,36)/t15-,24-/m1/s1. The van der Waals surface area contributed by atoms with E-state index in [0.717, 1.165) is 22.4 Å². The molecule has 6 nitrogen and oxygen atoms in total. The van der Waals surface area contributed by atoms with Crippen LogP contribution in [0.1, 0.15) is 36.2 Å². The molecule has 1 amide bonds. The Bertz CT molecular complexity index is 1280. The molecule has 0 radical (unpaired) electrons. The summed E-state index contributed by atoms with van der Waals surface area (Å²) in [4.78, 5) is 15.7. The number of alkyl halides is 4. The fraction of sp³-hybridized carbons (Fsp3) is 0.423. The summed E-state index contributed by atoms with van der Waals surface area (Å²) in [6.07, 6.45) is -5.04. The number of halogens is 6. The number of benzene rings is 2. The Kier molecular flexibility index (Phi) is 8.39. The van der Waals surface area contributed by atoms with Crippen molar-refractivity contribution in [1.82, 2.24) is 15.2 Å². The Labute approximate surface area is 214 Å². The largest absolute Gasteiger partial charge is 0.487 e. The quantitative estimate of drug-likeness (QED) is 0.264. The van der Waals surface area contributed by atoms with E-state index in [1.807, 2.05) is 6.07 Å². The Morgan fingerprint density at radius 3 is 2.66 bits per heavy atom. The number of para-hydroxylation sites is 1. The number of alkyl carbamates (subject to hydrolysis) is 1. The highest BCUT2D eigenvalue weighted by Crippen LogP contribution is 2.44. The highest BCUT2D eigenvalue weighted by Gasteiger charge is 2.44. The van der Waals surface area contributed by atoms with Gasteiger partial charge in [0.05, 0.1) is 24.8 Å². The molecule has 2 heterocycles. The minimum Gasteiger partial charge on any atom is -0.487 e. The van der Waals surface area contributed by atoms with Gasteiger partial charge in [0.25, 0.3) is 0 Å². The lowest BCUT2D eigenvalue weighted by molar-refractivity contribution is -0.155. The van der Waals surface area contributed by atoms with Crippen LogP contribution >= 0.6 is 0 Å². The number of nitrogens with zero attached hydrogens (tertiary/aromatic N) is 1. The van der Waals surface area contributed by atoms with Crippen LogP contribution in [0.4, 0.5) is 31.1 Å². The Morgan fingerprint density at radius 1 is 1.16 bits per heavy atom. The zero-order valence-corrected chi connectivity index (χ0v) is 20.5. The maximum atomic E-state index is 15.7. The van der Waals surface area contributed by atoms with Crippen LogP contribution in [0.25, 0.3) is 10.9 Å². The number of aromatic amines is 1. The molecule has 3 aromatic rings. The molecule has 0 bridgehead atoms. The molecule has 2 N–H and O–H groups in total. The molecule has 12 heteroatoms. The molecule has 2 aromatic carbocycles. The van der Waals surface area contributed by atoms with Gasteiger partial charge in [0.15, 0.2) is 11.6 Å². The van der Waals surface area contributed by atoms with Crippen molar-refractivity contribution in [3.63, 3.8) is 0 Å². The Morgan fingerprint density at radius 2 is 1.92 bits per heavy atom. The van der Waals surface area contributed by atoms with Crippen molar-refractivity contribution in [3.05, 3.63) is 64.9 Å². The van der Waals surface area contributed by atoms with Crippen molar-refractivity contribution in [1.29, 1.82) is 0 Å². The van der Waals surface area contributed by atoms with Crippen LogP contribution in [-0.4, -0.2) is 61.2 Å². The fourth-order valence-corrected chi connectivity index (χ4v) is 4.78. The van der Waals surface area contributed by atoms with Gasteiger partial charge in [0.1, 0.15) is 19.0 Å². The molecule has 0 unspecified atom stereocenters. The second-order valence-electron chi connectivity index (χ2n) is 9.03. The predicted molar refractivity (Wildman–Crippen MR) is 128 cm³/mol. The highest BCUT2D eigenvalue weighted by molar-refractivity contribution is 5.85. The number of hydrogen-bond donors (Lipinski definition) is 2. The molecular weight excluding hydrogens is 516 g/mol. The van der Waals surface area contributed by atoms with Gasteiger partial charge in [-0.3, -0.25) is 9.29 Å². The average molecular weight is 544 g/mol. The van der Waals surface area contributed by atoms with Crippen LogP contribution in [0.2, 0.25) is 0 Å². The highest BCUT2D eigenvalue weighted by atomic mass is 19.4. The summed E-state index contributed by atoms with van der Waals surface area (Å²) >= 11 is 0. The van der Waals surface area contributed by atoms with Crippen molar-refractivity contribution < 1.29 is 40.6 Å². The first kappa shape index (κ1) is 27.6. The molecule has 0 aliphatic carbocycles. The maximum absolute atomic E-state index is 15.7. The van der Waals surface area contributed by atoms with Gasteiger partial charge in [-0.15, -0.1) is 0 Å². The van der Waals surface area contributed by atoms with Crippen molar-refractivity contribution in [2.24, 2.45) is 0 Å². The van der Waals surface area contributed by atoms with E-state index < -0.39 is 60.5 Å². The monoisotopic (exact) mass is 543 g/mol. The number of carbonyl (C=O) groups excluding carboxylic acids is 1. The summed E-state index contributed by atoms with van der Waals surface area (Å²) in [5.41, 5.74) is 1.07. The van der Waals surface area contributed by atoms with E-state index in [0.29, 0.717) is 11.1 Å². The van der Waals surface area contributed by atoms with Crippen molar-refractivity contribution in [3.8, 4) is 5.75 Å². The number of rotatable bonds is 9. The lowest BCUT2D eigenvalue weighted by Crippen LogP contribution is -2.47.